The molecule has 0 saturated carbocycles. The number of halogens is 1. The second kappa shape index (κ2) is 10.4. The fourth-order valence-electron chi connectivity index (χ4n) is 2.25. The number of aryl methyl sites for hydroxylation is 1. The van der Waals surface area contributed by atoms with Crippen LogP contribution in [0.2, 0.25) is 0 Å². The van der Waals surface area contributed by atoms with Crippen molar-refractivity contribution >= 4 is 33.7 Å². The maximum absolute atomic E-state index is 11.8. The van der Waals surface area contributed by atoms with E-state index in [9.17, 15) is 14.9 Å². The number of carbonyl (C=O) groups excluding carboxylic acids is 1. The summed E-state index contributed by atoms with van der Waals surface area (Å²) in [6.07, 6.45) is 3.13. The highest BCUT2D eigenvalue weighted by atomic mass is 79.9. The van der Waals surface area contributed by atoms with Crippen LogP contribution in [0.5, 0.6) is 5.75 Å². The molecule has 0 heterocycles. The van der Waals surface area contributed by atoms with Crippen LogP contribution in [-0.4, -0.2) is 23.7 Å². The van der Waals surface area contributed by atoms with E-state index < -0.39 is 4.92 Å². The minimum absolute atomic E-state index is 0.0273. The van der Waals surface area contributed by atoms with Crippen molar-refractivity contribution in [1.29, 1.82) is 0 Å². The van der Waals surface area contributed by atoms with Gasteiger partial charge < -0.3 is 4.74 Å². The van der Waals surface area contributed by atoms with E-state index >= 15 is 0 Å². The van der Waals surface area contributed by atoms with Crippen molar-refractivity contribution in [2.75, 3.05) is 6.61 Å². The zero-order chi connectivity index (χ0) is 19.6. The largest absolute Gasteiger partial charge is 0.492 e. The second-order valence-electron chi connectivity index (χ2n) is 5.72. The van der Waals surface area contributed by atoms with E-state index in [-0.39, 0.29) is 18.0 Å². The summed E-state index contributed by atoms with van der Waals surface area (Å²) in [6, 6.07) is 11.9. The van der Waals surface area contributed by atoms with Crippen LogP contribution < -0.4 is 10.2 Å². The van der Waals surface area contributed by atoms with Gasteiger partial charge in [-0.3, -0.25) is 14.9 Å². The molecule has 0 radical (unpaired) electrons. The Morgan fingerprint density at radius 3 is 2.85 bits per heavy atom. The quantitative estimate of drug-likeness (QED) is 0.277. The Kier molecular flexibility index (Phi) is 7.94. The number of nitrogens with one attached hydrogen (secondary N) is 1. The Balaban J connectivity index is 1.72. The zero-order valence-corrected chi connectivity index (χ0v) is 16.4. The number of hydrazone groups is 1. The van der Waals surface area contributed by atoms with E-state index in [2.05, 4.69) is 33.4 Å². The van der Waals surface area contributed by atoms with E-state index in [1.807, 2.05) is 18.2 Å². The summed E-state index contributed by atoms with van der Waals surface area (Å²) in [7, 11) is 0. The molecule has 0 spiro atoms. The van der Waals surface area contributed by atoms with E-state index in [0.717, 1.165) is 16.6 Å². The maximum atomic E-state index is 11.8. The van der Waals surface area contributed by atoms with Gasteiger partial charge in [0.2, 0.25) is 5.91 Å². The van der Waals surface area contributed by atoms with Crippen LogP contribution in [0.25, 0.3) is 0 Å². The molecular formula is C19H20BrN3O4. The smallest absolute Gasteiger partial charge is 0.270 e. The number of hydrogen-bond donors (Lipinski definition) is 1. The van der Waals surface area contributed by atoms with E-state index in [0.29, 0.717) is 18.6 Å². The van der Waals surface area contributed by atoms with Gasteiger partial charge in [0.25, 0.3) is 5.69 Å². The molecule has 0 aliphatic heterocycles. The van der Waals surface area contributed by atoms with Gasteiger partial charge >= 0.3 is 0 Å². The van der Waals surface area contributed by atoms with Crippen LogP contribution in [0.15, 0.2) is 52.0 Å². The van der Waals surface area contributed by atoms with Crippen molar-refractivity contribution < 1.29 is 14.5 Å². The normalized spacial score (nSPS) is 10.7. The van der Waals surface area contributed by atoms with E-state index in [4.69, 9.17) is 4.74 Å². The van der Waals surface area contributed by atoms with Crippen LogP contribution in [-0.2, 0) is 11.2 Å². The summed E-state index contributed by atoms with van der Waals surface area (Å²) < 4.78 is 6.56. The first-order chi connectivity index (χ1) is 13.0. The van der Waals surface area contributed by atoms with Crippen LogP contribution >= 0.6 is 15.9 Å². The maximum Gasteiger partial charge on any atom is 0.270 e. The molecule has 7 nitrogen and oxygen atoms in total. The van der Waals surface area contributed by atoms with Gasteiger partial charge in [-0.25, -0.2) is 5.43 Å². The highest BCUT2D eigenvalue weighted by Crippen LogP contribution is 2.26. The van der Waals surface area contributed by atoms with Crippen molar-refractivity contribution in [3.05, 3.63) is 68.2 Å². The van der Waals surface area contributed by atoms with Crippen molar-refractivity contribution in [2.24, 2.45) is 5.10 Å². The van der Waals surface area contributed by atoms with Gasteiger partial charge in [0.05, 0.1) is 22.2 Å². The van der Waals surface area contributed by atoms with Crippen LogP contribution in [0, 0.1) is 10.1 Å². The summed E-state index contributed by atoms with van der Waals surface area (Å²) >= 11 is 3.47. The monoisotopic (exact) mass is 433 g/mol. The first kappa shape index (κ1) is 20.6. The molecule has 0 bridgehead atoms. The number of amides is 1. The fourth-order valence-corrected chi connectivity index (χ4v) is 2.79. The third-order valence-corrected chi connectivity index (χ3v) is 4.31. The van der Waals surface area contributed by atoms with Crippen LogP contribution in [0.3, 0.4) is 0 Å². The van der Waals surface area contributed by atoms with Gasteiger partial charge in [-0.2, -0.15) is 5.10 Å². The zero-order valence-electron chi connectivity index (χ0n) is 14.9. The van der Waals surface area contributed by atoms with Gasteiger partial charge in [0.1, 0.15) is 5.75 Å². The number of nitrogens with zero attached hydrogens (tertiary/aromatic N) is 2. The lowest BCUT2D eigenvalue weighted by molar-refractivity contribution is -0.384. The molecule has 27 heavy (non-hydrogen) atoms. The Labute approximate surface area is 165 Å². The van der Waals surface area contributed by atoms with Gasteiger partial charge in [-0.1, -0.05) is 25.1 Å². The standard InChI is InChI=1S/C19H20BrN3O4/c1-2-14-8-9-18(17(20)12-14)27-10-4-7-19(24)22-21-13-15-5-3-6-16(11-15)23(25)26/h3,5-6,8-9,11-13H,2,4,7,10H2,1H3,(H,22,24)/b21-13+. The van der Waals surface area contributed by atoms with E-state index in [1.54, 1.807) is 12.1 Å². The average molecular weight is 434 g/mol. The summed E-state index contributed by atoms with van der Waals surface area (Å²) in [5.74, 6) is 0.497. The molecule has 1 amide bonds. The minimum Gasteiger partial charge on any atom is -0.492 e. The first-order valence-corrected chi connectivity index (χ1v) is 9.26. The molecule has 0 saturated heterocycles. The van der Waals surface area contributed by atoms with Crippen molar-refractivity contribution in [3.8, 4) is 5.75 Å². The van der Waals surface area contributed by atoms with E-state index in [1.165, 1.54) is 23.9 Å². The molecular weight excluding hydrogens is 414 g/mol. The van der Waals surface area contributed by atoms with Crippen molar-refractivity contribution in [1.82, 2.24) is 5.43 Å². The number of non-ortho nitro benzene ring substituents is 1. The third kappa shape index (κ3) is 6.82. The van der Waals surface area contributed by atoms with Gasteiger partial charge in [-0.15, -0.1) is 0 Å². The molecule has 2 rings (SSSR count). The van der Waals surface area contributed by atoms with Gasteiger partial charge in [0.15, 0.2) is 0 Å². The first-order valence-electron chi connectivity index (χ1n) is 8.47. The third-order valence-electron chi connectivity index (χ3n) is 3.69. The van der Waals surface area contributed by atoms with Crippen LogP contribution in [0.4, 0.5) is 5.69 Å². The number of carbonyl (C=O) groups is 1. The molecule has 0 atom stereocenters. The van der Waals surface area contributed by atoms with Crippen LogP contribution in [0.1, 0.15) is 30.9 Å². The summed E-state index contributed by atoms with van der Waals surface area (Å²) in [6.45, 7) is 2.49. The number of nitro groups is 1. The molecule has 0 aromatic heterocycles. The lowest BCUT2D eigenvalue weighted by Crippen LogP contribution is -2.18. The Bertz CT molecular complexity index is 839. The van der Waals surface area contributed by atoms with Crippen molar-refractivity contribution in [2.45, 2.75) is 26.2 Å². The number of ether oxygens (including phenoxy) is 1. The average Bonchev–Trinajstić information content (AvgIpc) is 2.66. The lowest BCUT2D eigenvalue weighted by atomic mass is 10.2. The molecule has 2 aromatic carbocycles. The second-order valence-corrected chi connectivity index (χ2v) is 6.57. The molecule has 8 heteroatoms. The summed E-state index contributed by atoms with van der Waals surface area (Å²) in [4.78, 5) is 22.0. The molecule has 0 fully saturated rings. The number of nitro benzene ring substituents is 1. The SMILES string of the molecule is CCc1ccc(OCCCC(=O)N/N=C/c2cccc([N+](=O)[O-])c2)c(Br)c1. The molecule has 0 aliphatic carbocycles. The summed E-state index contributed by atoms with van der Waals surface area (Å²) in [5.41, 5.74) is 4.13. The molecule has 2 aromatic rings. The number of benzene rings is 2. The highest BCUT2D eigenvalue weighted by molar-refractivity contribution is 9.10. The topological polar surface area (TPSA) is 93.8 Å². The van der Waals surface area contributed by atoms with Gasteiger partial charge in [0, 0.05) is 24.1 Å². The number of rotatable bonds is 9. The Morgan fingerprint density at radius 2 is 2.15 bits per heavy atom. The number of hydrogen-bond acceptors (Lipinski definition) is 5. The van der Waals surface area contributed by atoms with Crippen molar-refractivity contribution in [3.63, 3.8) is 0 Å². The lowest BCUT2D eigenvalue weighted by Gasteiger charge is -2.09. The minimum atomic E-state index is -0.482. The Morgan fingerprint density at radius 1 is 1.33 bits per heavy atom. The Hall–Kier alpha value is -2.74. The fraction of sp³-hybridized carbons (Fsp3) is 0.263. The predicted octanol–water partition coefficient (Wildman–Crippen LogP) is 4.23. The molecule has 1 N–H and O–H groups in total. The van der Waals surface area contributed by atoms with Gasteiger partial charge in [-0.05, 0) is 46.5 Å². The molecule has 0 aliphatic rings. The molecule has 142 valence electrons. The summed E-state index contributed by atoms with van der Waals surface area (Å²) in [5, 5.41) is 14.5. The highest BCUT2D eigenvalue weighted by Gasteiger charge is 2.05. The molecule has 0 unspecified atom stereocenters. The predicted molar refractivity (Wildman–Crippen MR) is 107 cm³/mol.